The third-order valence-electron chi connectivity index (χ3n) is 6.18. The summed E-state index contributed by atoms with van der Waals surface area (Å²) in [4.78, 5) is 43.6. The summed E-state index contributed by atoms with van der Waals surface area (Å²) in [6.07, 6.45) is 1.64. The van der Waals surface area contributed by atoms with Crippen molar-refractivity contribution in [2.45, 2.75) is 58.7 Å². The first kappa shape index (κ1) is 26.4. The SMILES string of the molecule is Cc1ccn(C(CC(C)C)C(=O)N[C@@H](CC(=O)OF)c2cccc(N3CCOC[C@@H]3C)c2)c(=O)c1. The predicted molar refractivity (Wildman–Crippen MR) is 131 cm³/mol. The van der Waals surface area contributed by atoms with Crippen LogP contribution in [0.3, 0.4) is 0 Å². The molecule has 190 valence electrons. The average Bonchev–Trinajstić information content (AvgIpc) is 2.82. The van der Waals surface area contributed by atoms with Crippen LogP contribution in [0.1, 0.15) is 56.8 Å². The van der Waals surface area contributed by atoms with Gasteiger partial charge in [-0.1, -0.05) is 26.0 Å². The molecule has 2 aromatic rings. The first-order chi connectivity index (χ1) is 16.7. The lowest BCUT2D eigenvalue weighted by molar-refractivity contribution is -0.184. The quantitative estimate of drug-likeness (QED) is 0.581. The van der Waals surface area contributed by atoms with Gasteiger partial charge in [0, 0.05) is 35.1 Å². The van der Waals surface area contributed by atoms with Crippen molar-refractivity contribution in [3.05, 3.63) is 64.1 Å². The standard InChI is InChI=1S/C26H34FN3O5/c1-17(2)12-23(30-9-8-18(3)13-24(30)31)26(33)28-22(15-25(32)35-27)20-6-5-7-21(14-20)29-10-11-34-16-19(29)4/h5-9,13-14,17,19,22-23H,10-12,15-16H2,1-4H3,(H,28,33)/t19-,22-,23?/m0/s1. The molecule has 1 aromatic carbocycles. The smallest absolute Gasteiger partial charge is 0.351 e. The van der Waals surface area contributed by atoms with Crippen LogP contribution in [0.5, 0.6) is 0 Å². The van der Waals surface area contributed by atoms with Gasteiger partial charge in [0.1, 0.15) is 6.04 Å². The van der Waals surface area contributed by atoms with Crippen LogP contribution in [-0.2, 0) is 19.3 Å². The first-order valence-corrected chi connectivity index (χ1v) is 11.9. The van der Waals surface area contributed by atoms with E-state index in [1.165, 1.54) is 10.6 Å². The Morgan fingerprint density at radius 3 is 2.69 bits per heavy atom. The van der Waals surface area contributed by atoms with Gasteiger partial charge in [0.2, 0.25) is 5.91 Å². The number of hydrogen-bond acceptors (Lipinski definition) is 6. The normalized spacial score (nSPS) is 17.7. The predicted octanol–water partition coefficient (Wildman–Crippen LogP) is 3.64. The number of nitrogens with zero attached hydrogens (tertiary/aromatic N) is 2. The van der Waals surface area contributed by atoms with Crippen molar-refractivity contribution in [1.29, 1.82) is 0 Å². The Labute approximate surface area is 204 Å². The minimum atomic E-state index is -1.09. The number of rotatable bonds is 9. The van der Waals surface area contributed by atoms with Crippen LogP contribution in [0.2, 0.25) is 0 Å². The fourth-order valence-corrected chi connectivity index (χ4v) is 4.39. The van der Waals surface area contributed by atoms with E-state index in [0.717, 1.165) is 11.3 Å². The largest absolute Gasteiger partial charge is 0.377 e. The van der Waals surface area contributed by atoms with Gasteiger partial charge in [-0.3, -0.25) is 14.5 Å². The summed E-state index contributed by atoms with van der Waals surface area (Å²) in [5.74, 6) is -1.39. The fraction of sp³-hybridized carbons (Fsp3) is 0.500. The number of morpholine rings is 1. The van der Waals surface area contributed by atoms with Crippen LogP contribution < -0.4 is 15.8 Å². The molecule has 9 heteroatoms. The highest BCUT2D eigenvalue weighted by atomic mass is 19.3. The van der Waals surface area contributed by atoms with Gasteiger partial charge in [-0.2, -0.15) is 0 Å². The Hall–Kier alpha value is -3.20. The van der Waals surface area contributed by atoms with Gasteiger partial charge in [-0.25, -0.2) is 4.79 Å². The minimum Gasteiger partial charge on any atom is -0.377 e. The van der Waals surface area contributed by atoms with Crippen molar-refractivity contribution in [2.75, 3.05) is 24.7 Å². The number of aromatic nitrogens is 1. The highest BCUT2D eigenvalue weighted by Gasteiger charge is 2.28. The lowest BCUT2D eigenvalue weighted by Crippen LogP contribution is -2.43. The van der Waals surface area contributed by atoms with E-state index in [2.05, 4.69) is 22.1 Å². The van der Waals surface area contributed by atoms with Crippen molar-refractivity contribution in [1.82, 2.24) is 9.88 Å². The molecule has 8 nitrogen and oxygen atoms in total. The van der Waals surface area contributed by atoms with Gasteiger partial charge in [-0.15, -0.1) is 0 Å². The Morgan fingerprint density at radius 1 is 1.26 bits per heavy atom. The molecule has 1 aliphatic heterocycles. The van der Waals surface area contributed by atoms with Crippen LogP contribution in [0.15, 0.2) is 47.4 Å². The number of hydrogen-bond donors (Lipinski definition) is 1. The van der Waals surface area contributed by atoms with Gasteiger partial charge in [0.25, 0.3) is 5.56 Å². The molecule has 1 amide bonds. The molecule has 3 rings (SSSR count). The van der Waals surface area contributed by atoms with Gasteiger partial charge < -0.3 is 19.5 Å². The molecule has 2 heterocycles. The maximum atomic E-state index is 13.5. The summed E-state index contributed by atoms with van der Waals surface area (Å²) < 4.78 is 19.6. The number of carbonyl (C=O) groups is 2. The molecule has 35 heavy (non-hydrogen) atoms. The van der Waals surface area contributed by atoms with E-state index in [4.69, 9.17) is 4.74 Å². The van der Waals surface area contributed by atoms with Crippen LogP contribution >= 0.6 is 0 Å². The molecular weight excluding hydrogens is 453 g/mol. The van der Waals surface area contributed by atoms with E-state index in [-0.39, 0.29) is 23.9 Å². The Balaban J connectivity index is 1.92. The molecular formula is C26H34FN3O5. The molecule has 1 unspecified atom stereocenters. The number of carbonyl (C=O) groups excluding carboxylic acids is 2. The zero-order valence-electron chi connectivity index (χ0n) is 20.7. The van der Waals surface area contributed by atoms with Gasteiger partial charge >= 0.3 is 5.97 Å². The zero-order chi connectivity index (χ0) is 25.5. The number of amides is 1. The molecule has 0 aliphatic carbocycles. The van der Waals surface area contributed by atoms with Crippen LogP contribution in [0.25, 0.3) is 0 Å². The number of ether oxygens (including phenoxy) is 1. The van der Waals surface area contributed by atoms with Gasteiger partial charge in [0.05, 0.1) is 25.7 Å². The number of nitrogens with one attached hydrogen (secondary N) is 1. The topological polar surface area (TPSA) is 89.9 Å². The average molecular weight is 488 g/mol. The highest BCUT2D eigenvalue weighted by Crippen LogP contribution is 2.27. The maximum absolute atomic E-state index is 13.5. The minimum absolute atomic E-state index is 0.124. The van der Waals surface area contributed by atoms with Gasteiger partial charge in [0.15, 0.2) is 0 Å². The lowest BCUT2D eigenvalue weighted by atomic mass is 9.99. The van der Waals surface area contributed by atoms with Crippen molar-refractivity contribution >= 4 is 17.6 Å². The van der Waals surface area contributed by atoms with Crippen molar-refractivity contribution in [3.8, 4) is 0 Å². The van der Waals surface area contributed by atoms with Gasteiger partial charge in [-0.05, 0) is 55.5 Å². The number of benzene rings is 1. The summed E-state index contributed by atoms with van der Waals surface area (Å²) in [5, 5.41) is 2.88. The highest BCUT2D eigenvalue weighted by molar-refractivity contribution is 5.81. The molecule has 0 saturated carbocycles. The number of anilines is 1. The maximum Gasteiger partial charge on any atom is 0.351 e. The zero-order valence-corrected chi connectivity index (χ0v) is 20.7. The Bertz CT molecular complexity index is 1090. The summed E-state index contributed by atoms with van der Waals surface area (Å²) in [7, 11) is 0. The van der Waals surface area contributed by atoms with Crippen LogP contribution in [0, 0.1) is 12.8 Å². The molecule has 1 aromatic heterocycles. The van der Waals surface area contributed by atoms with Crippen molar-refractivity contribution in [2.24, 2.45) is 5.92 Å². The van der Waals surface area contributed by atoms with E-state index in [1.807, 2.05) is 39.0 Å². The number of aryl methyl sites for hydroxylation is 1. The van der Waals surface area contributed by atoms with Crippen molar-refractivity contribution in [3.63, 3.8) is 0 Å². The molecule has 0 bridgehead atoms. The summed E-state index contributed by atoms with van der Waals surface area (Å²) in [6.45, 7) is 9.70. The van der Waals surface area contributed by atoms with E-state index < -0.39 is 24.0 Å². The molecule has 1 N–H and O–H groups in total. The molecule has 0 spiro atoms. The second kappa shape index (κ2) is 12.0. The number of halogens is 1. The number of pyridine rings is 1. The molecule has 1 fully saturated rings. The summed E-state index contributed by atoms with van der Waals surface area (Å²) in [5.41, 5.74) is 2.07. The molecule has 1 aliphatic rings. The summed E-state index contributed by atoms with van der Waals surface area (Å²) >= 11 is 0. The Kier molecular flexibility index (Phi) is 9.03. The van der Waals surface area contributed by atoms with E-state index >= 15 is 0 Å². The summed E-state index contributed by atoms with van der Waals surface area (Å²) in [6, 6.07) is 9.24. The monoisotopic (exact) mass is 487 g/mol. The van der Waals surface area contributed by atoms with E-state index in [0.29, 0.717) is 31.7 Å². The Morgan fingerprint density at radius 2 is 2.03 bits per heavy atom. The molecule has 0 radical (unpaired) electrons. The van der Waals surface area contributed by atoms with E-state index in [1.54, 1.807) is 18.3 Å². The van der Waals surface area contributed by atoms with Crippen LogP contribution in [-0.4, -0.2) is 42.2 Å². The van der Waals surface area contributed by atoms with Crippen LogP contribution in [0.4, 0.5) is 10.2 Å². The third-order valence-corrected chi connectivity index (χ3v) is 6.18. The lowest BCUT2D eigenvalue weighted by Gasteiger charge is -2.35. The second-order valence-corrected chi connectivity index (χ2v) is 9.52. The van der Waals surface area contributed by atoms with E-state index in [9.17, 15) is 18.9 Å². The first-order valence-electron chi connectivity index (χ1n) is 11.9. The second-order valence-electron chi connectivity index (χ2n) is 9.52. The van der Waals surface area contributed by atoms with Crippen molar-refractivity contribution < 1.29 is 23.8 Å². The fourth-order valence-electron chi connectivity index (χ4n) is 4.39. The third kappa shape index (κ3) is 6.91. The molecule has 1 saturated heterocycles. The molecule has 3 atom stereocenters.